The molecule has 2 aliphatic carbocycles. The lowest BCUT2D eigenvalue weighted by Gasteiger charge is -2.35. The van der Waals surface area contributed by atoms with E-state index in [9.17, 15) is 18.0 Å². The highest BCUT2D eigenvalue weighted by Crippen LogP contribution is 2.40. The number of ketones is 1. The van der Waals surface area contributed by atoms with Gasteiger partial charge in [0.05, 0.1) is 5.56 Å². The molecular formula is C21H27F3O. The molecule has 0 radical (unpaired) electrons. The summed E-state index contributed by atoms with van der Waals surface area (Å²) in [5.41, 5.74) is 0.434. The van der Waals surface area contributed by atoms with E-state index in [1.807, 2.05) is 0 Å². The van der Waals surface area contributed by atoms with Gasteiger partial charge in [-0.1, -0.05) is 25.0 Å². The van der Waals surface area contributed by atoms with Crippen LogP contribution in [0.2, 0.25) is 0 Å². The quantitative estimate of drug-likeness (QED) is 0.630. The lowest BCUT2D eigenvalue weighted by Crippen LogP contribution is -2.26. The molecule has 138 valence electrons. The molecule has 1 aromatic rings. The van der Waals surface area contributed by atoms with E-state index in [1.165, 1.54) is 37.8 Å². The zero-order valence-corrected chi connectivity index (χ0v) is 14.7. The number of hydrogen-bond acceptors (Lipinski definition) is 1. The predicted octanol–water partition coefficient (Wildman–Crippen LogP) is 6.20. The van der Waals surface area contributed by atoms with E-state index in [2.05, 4.69) is 0 Å². The van der Waals surface area contributed by atoms with Crippen LogP contribution in [-0.4, -0.2) is 5.78 Å². The standard InChI is InChI=1S/C21H27F3O/c22-21(23,24)19-11-5-16(6-12-19)2-1-15-3-7-17(8-4-15)18-9-13-20(25)14-10-18/h5-6,11-12,15,17-18H,1-4,7-10,13-14H2. The van der Waals surface area contributed by atoms with Crippen molar-refractivity contribution in [3.63, 3.8) is 0 Å². The van der Waals surface area contributed by atoms with Crippen LogP contribution in [0, 0.1) is 17.8 Å². The van der Waals surface area contributed by atoms with Gasteiger partial charge in [0, 0.05) is 12.8 Å². The smallest absolute Gasteiger partial charge is 0.300 e. The van der Waals surface area contributed by atoms with Gasteiger partial charge in [-0.2, -0.15) is 13.2 Å². The fourth-order valence-corrected chi connectivity index (χ4v) is 4.61. The lowest BCUT2D eigenvalue weighted by atomic mass is 9.70. The molecule has 2 saturated carbocycles. The first-order valence-electron chi connectivity index (χ1n) is 9.59. The molecule has 0 unspecified atom stereocenters. The maximum atomic E-state index is 12.6. The fraction of sp³-hybridized carbons (Fsp3) is 0.667. The van der Waals surface area contributed by atoms with Crippen molar-refractivity contribution in [3.05, 3.63) is 35.4 Å². The third-order valence-electron chi connectivity index (χ3n) is 6.27. The predicted molar refractivity (Wildman–Crippen MR) is 92.2 cm³/mol. The lowest BCUT2D eigenvalue weighted by molar-refractivity contribution is -0.137. The van der Waals surface area contributed by atoms with Crippen molar-refractivity contribution in [2.45, 2.75) is 70.4 Å². The Hall–Kier alpha value is -1.32. The van der Waals surface area contributed by atoms with Crippen LogP contribution >= 0.6 is 0 Å². The van der Waals surface area contributed by atoms with Gasteiger partial charge in [-0.3, -0.25) is 4.79 Å². The molecule has 0 aliphatic heterocycles. The van der Waals surface area contributed by atoms with Gasteiger partial charge in [-0.15, -0.1) is 0 Å². The number of alkyl halides is 3. The number of Topliss-reactive ketones (excluding diaryl/α,β-unsaturated/α-hetero) is 1. The number of halogens is 3. The molecule has 3 rings (SSSR count). The van der Waals surface area contributed by atoms with E-state index in [0.717, 1.165) is 55.9 Å². The molecule has 0 amide bonds. The Morgan fingerprint density at radius 1 is 0.840 bits per heavy atom. The van der Waals surface area contributed by atoms with E-state index < -0.39 is 11.7 Å². The van der Waals surface area contributed by atoms with Gasteiger partial charge in [-0.05, 0) is 74.0 Å². The fourth-order valence-electron chi connectivity index (χ4n) is 4.61. The third-order valence-corrected chi connectivity index (χ3v) is 6.27. The summed E-state index contributed by atoms with van der Waals surface area (Å²) in [6.07, 6.45) is 6.39. The molecule has 0 bridgehead atoms. The van der Waals surface area contributed by atoms with Gasteiger partial charge in [0.1, 0.15) is 5.78 Å². The highest BCUT2D eigenvalue weighted by molar-refractivity contribution is 5.79. The van der Waals surface area contributed by atoms with Crippen LogP contribution in [0.25, 0.3) is 0 Å². The first-order chi connectivity index (χ1) is 11.9. The van der Waals surface area contributed by atoms with Crippen LogP contribution < -0.4 is 0 Å². The van der Waals surface area contributed by atoms with Crippen LogP contribution in [0.1, 0.15) is 68.9 Å². The third kappa shape index (κ3) is 5.08. The van der Waals surface area contributed by atoms with Crippen molar-refractivity contribution < 1.29 is 18.0 Å². The summed E-state index contributed by atoms with van der Waals surface area (Å²) < 4.78 is 37.8. The highest BCUT2D eigenvalue weighted by atomic mass is 19.4. The Bertz CT molecular complexity index is 558. The first kappa shape index (κ1) is 18.5. The maximum Gasteiger partial charge on any atom is 0.416 e. The van der Waals surface area contributed by atoms with Gasteiger partial charge >= 0.3 is 6.18 Å². The summed E-state index contributed by atoms with van der Waals surface area (Å²) in [4.78, 5) is 11.4. The van der Waals surface area contributed by atoms with Crippen molar-refractivity contribution in [3.8, 4) is 0 Å². The Labute approximate surface area is 148 Å². The van der Waals surface area contributed by atoms with E-state index in [-0.39, 0.29) is 0 Å². The molecular weight excluding hydrogens is 325 g/mol. The summed E-state index contributed by atoms with van der Waals surface area (Å²) in [5.74, 6) is 2.66. The van der Waals surface area contributed by atoms with E-state index in [1.54, 1.807) is 12.1 Å². The monoisotopic (exact) mass is 352 g/mol. The Morgan fingerprint density at radius 3 is 1.96 bits per heavy atom. The Morgan fingerprint density at radius 2 is 1.40 bits per heavy atom. The summed E-state index contributed by atoms with van der Waals surface area (Å²) >= 11 is 0. The number of hydrogen-bond donors (Lipinski definition) is 0. The minimum absolute atomic E-state index is 0.432. The molecule has 2 aliphatic rings. The SMILES string of the molecule is O=C1CCC(C2CCC(CCc3ccc(C(F)(F)F)cc3)CC2)CC1. The van der Waals surface area contributed by atoms with Crippen molar-refractivity contribution >= 4 is 5.78 Å². The minimum atomic E-state index is -4.25. The average molecular weight is 352 g/mol. The molecule has 0 atom stereocenters. The first-order valence-corrected chi connectivity index (χ1v) is 9.59. The average Bonchev–Trinajstić information content (AvgIpc) is 2.61. The van der Waals surface area contributed by atoms with Crippen molar-refractivity contribution in [2.75, 3.05) is 0 Å². The van der Waals surface area contributed by atoms with Gasteiger partial charge in [0.25, 0.3) is 0 Å². The topological polar surface area (TPSA) is 17.1 Å². The summed E-state index contributed by atoms with van der Waals surface area (Å²) in [6.45, 7) is 0. The molecule has 2 fully saturated rings. The summed E-state index contributed by atoms with van der Waals surface area (Å²) in [6, 6.07) is 5.62. The van der Waals surface area contributed by atoms with Crippen molar-refractivity contribution in [1.82, 2.24) is 0 Å². The van der Waals surface area contributed by atoms with Crippen LogP contribution in [-0.2, 0) is 17.4 Å². The van der Waals surface area contributed by atoms with Crippen LogP contribution in [0.4, 0.5) is 13.2 Å². The minimum Gasteiger partial charge on any atom is -0.300 e. The van der Waals surface area contributed by atoms with E-state index >= 15 is 0 Å². The molecule has 4 heteroatoms. The molecule has 0 saturated heterocycles. The van der Waals surface area contributed by atoms with Crippen molar-refractivity contribution in [2.24, 2.45) is 17.8 Å². The molecule has 1 nitrogen and oxygen atoms in total. The molecule has 25 heavy (non-hydrogen) atoms. The van der Waals surface area contributed by atoms with Crippen molar-refractivity contribution in [1.29, 1.82) is 0 Å². The molecule has 0 N–H and O–H groups in total. The Balaban J connectivity index is 1.41. The number of benzene rings is 1. The van der Waals surface area contributed by atoms with Crippen LogP contribution in [0.3, 0.4) is 0 Å². The number of rotatable bonds is 4. The van der Waals surface area contributed by atoms with Gasteiger partial charge < -0.3 is 0 Å². The highest BCUT2D eigenvalue weighted by Gasteiger charge is 2.31. The molecule has 0 aromatic heterocycles. The second kappa shape index (κ2) is 7.92. The number of carbonyl (C=O) groups excluding carboxylic acids is 1. The van der Waals surface area contributed by atoms with E-state index in [4.69, 9.17) is 0 Å². The van der Waals surface area contributed by atoms with Gasteiger partial charge in [0.2, 0.25) is 0 Å². The largest absolute Gasteiger partial charge is 0.416 e. The maximum absolute atomic E-state index is 12.6. The Kier molecular flexibility index (Phi) is 5.85. The second-order valence-electron chi connectivity index (χ2n) is 7.89. The zero-order valence-electron chi connectivity index (χ0n) is 14.7. The summed E-state index contributed by atoms with van der Waals surface area (Å²) in [5, 5.41) is 0. The summed E-state index contributed by atoms with van der Waals surface area (Å²) in [7, 11) is 0. The molecule has 0 heterocycles. The van der Waals surface area contributed by atoms with Gasteiger partial charge in [0.15, 0.2) is 0 Å². The van der Waals surface area contributed by atoms with Crippen LogP contribution in [0.5, 0.6) is 0 Å². The van der Waals surface area contributed by atoms with E-state index in [0.29, 0.717) is 11.7 Å². The number of aryl methyl sites for hydroxylation is 1. The number of carbonyl (C=O) groups is 1. The zero-order chi connectivity index (χ0) is 17.9. The second-order valence-corrected chi connectivity index (χ2v) is 7.89. The molecule has 0 spiro atoms. The molecule has 1 aromatic carbocycles. The van der Waals surface area contributed by atoms with Gasteiger partial charge in [-0.25, -0.2) is 0 Å². The normalized spacial score (nSPS) is 26.0. The van der Waals surface area contributed by atoms with Crippen LogP contribution in [0.15, 0.2) is 24.3 Å².